The highest BCUT2D eigenvalue weighted by atomic mass is 16.6. The summed E-state index contributed by atoms with van der Waals surface area (Å²) in [5.41, 5.74) is -0.513. The first-order valence-electron chi connectivity index (χ1n) is 7.32. The highest BCUT2D eigenvalue weighted by molar-refractivity contribution is 5.84. The molecule has 0 saturated carbocycles. The molecule has 0 aromatic carbocycles. The number of rotatable bonds is 2. The van der Waals surface area contributed by atoms with Crippen molar-refractivity contribution in [1.29, 1.82) is 0 Å². The summed E-state index contributed by atoms with van der Waals surface area (Å²) >= 11 is 0. The van der Waals surface area contributed by atoms with Crippen LogP contribution in [0.2, 0.25) is 0 Å². The normalized spacial score (nSPS) is 16.3. The van der Waals surface area contributed by atoms with Gasteiger partial charge in [-0.2, -0.15) is 0 Å². The molecule has 0 unspecified atom stereocenters. The van der Waals surface area contributed by atoms with E-state index in [0.29, 0.717) is 32.1 Å². The minimum Gasteiger partial charge on any atom is -0.475 e. The van der Waals surface area contributed by atoms with Gasteiger partial charge in [-0.25, -0.2) is 9.59 Å². The fraction of sp³-hybridized carbons (Fsp3) is 0.600. The number of furan rings is 1. The van der Waals surface area contributed by atoms with Crippen molar-refractivity contribution < 1.29 is 23.8 Å². The molecule has 1 saturated heterocycles. The van der Waals surface area contributed by atoms with Crippen molar-refractivity contribution in [2.45, 2.75) is 32.8 Å². The van der Waals surface area contributed by atoms with E-state index in [9.17, 15) is 9.59 Å². The van der Waals surface area contributed by atoms with Crippen LogP contribution in [0.4, 0.5) is 10.7 Å². The van der Waals surface area contributed by atoms with Gasteiger partial charge in [0.05, 0.1) is 0 Å². The van der Waals surface area contributed by atoms with Gasteiger partial charge in [0.2, 0.25) is 5.76 Å². The maximum Gasteiger partial charge on any atom is 0.410 e. The van der Waals surface area contributed by atoms with Gasteiger partial charge < -0.3 is 24.1 Å². The molecule has 7 heteroatoms. The summed E-state index contributed by atoms with van der Waals surface area (Å²) in [6.07, 6.45) is 0.447. The Morgan fingerprint density at radius 3 is 2.50 bits per heavy atom. The van der Waals surface area contributed by atoms with E-state index in [1.54, 1.807) is 11.0 Å². The number of carbonyl (C=O) groups excluding carboxylic acids is 1. The van der Waals surface area contributed by atoms with Crippen LogP contribution in [0.5, 0.6) is 0 Å². The van der Waals surface area contributed by atoms with E-state index in [-0.39, 0.29) is 11.9 Å². The van der Waals surface area contributed by atoms with Gasteiger partial charge in [0.15, 0.2) is 5.88 Å². The second kappa shape index (κ2) is 6.29. The van der Waals surface area contributed by atoms with Crippen molar-refractivity contribution in [2.24, 2.45) is 0 Å². The van der Waals surface area contributed by atoms with Gasteiger partial charge in [-0.15, -0.1) is 0 Å². The number of hydrogen-bond acceptors (Lipinski definition) is 5. The van der Waals surface area contributed by atoms with Gasteiger partial charge >= 0.3 is 12.1 Å². The van der Waals surface area contributed by atoms with Crippen LogP contribution in [0.15, 0.2) is 16.5 Å². The van der Waals surface area contributed by atoms with Gasteiger partial charge in [0, 0.05) is 32.2 Å². The monoisotopic (exact) mass is 310 g/mol. The lowest BCUT2D eigenvalue weighted by molar-refractivity contribution is 0.0263. The third-order valence-electron chi connectivity index (χ3n) is 3.26. The molecular formula is C15H22N2O5. The van der Waals surface area contributed by atoms with Gasteiger partial charge in [0.25, 0.3) is 0 Å². The van der Waals surface area contributed by atoms with Crippen LogP contribution < -0.4 is 4.90 Å². The quantitative estimate of drug-likeness (QED) is 0.903. The van der Waals surface area contributed by atoms with Gasteiger partial charge in [-0.05, 0) is 33.3 Å². The first kappa shape index (κ1) is 16.2. The zero-order valence-electron chi connectivity index (χ0n) is 13.2. The molecule has 1 aromatic heterocycles. The molecule has 0 aliphatic carbocycles. The largest absolute Gasteiger partial charge is 0.475 e. The van der Waals surface area contributed by atoms with Crippen molar-refractivity contribution >= 4 is 17.9 Å². The third kappa shape index (κ3) is 4.16. The van der Waals surface area contributed by atoms with Crippen LogP contribution in [-0.2, 0) is 4.74 Å². The topological polar surface area (TPSA) is 83.2 Å². The summed E-state index contributed by atoms with van der Waals surface area (Å²) in [4.78, 5) is 26.6. The van der Waals surface area contributed by atoms with Crippen molar-refractivity contribution in [2.75, 3.05) is 31.1 Å². The highest BCUT2D eigenvalue weighted by Gasteiger charge is 2.25. The summed E-state index contributed by atoms with van der Waals surface area (Å²) in [5.74, 6) is -0.650. The molecule has 1 fully saturated rings. The molecule has 1 amide bonds. The van der Waals surface area contributed by atoms with Crippen LogP contribution in [0.25, 0.3) is 0 Å². The number of anilines is 1. The van der Waals surface area contributed by atoms with E-state index in [2.05, 4.69) is 0 Å². The molecular weight excluding hydrogens is 288 g/mol. The molecule has 0 atom stereocenters. The highest BCUT2D eigenvalue weighted by Crippen LogP contribution is 2.21. The molecule has 0 radical (unpaired) electrons. The number of ether oxygens (including phenoxy) is 1. The summed E-state index contributed by atoms with van der Waals surface area (Å²) < 4.78 is 10.7. The van der Waals surface area contributed by atoms with Crippen LogP contribution in [-0.4, -0.2) is 53.8 Å². The molecule has 122 valence electrons. The first-order chi connectivity index (χ1) is 10.3. The molecule has 1 aliphatic rings. The Morgan fingerprint density at radius 1 is 1.18 bits per heavy atom. The van der Waals surface area contributed by atoms with Crippen LogP contribution in [0.3, 0.4) is 0 Å². The number of carboxylic acid groups (broad SMARTS) is 1. The number of hydrogen-bond donors (Lipinski definition) is 1. The molecule has 0 bridgehead atoms. The Bertz CT molecular complexity index is 546. The Morgan fingerprint density at radius 2 is 1.91 bits per heavy atom. The summed E-state index contributed by atoms with van der Waals surface area (Å²) in [6.45, 7) is 7.91. The van der Waals surface area contributed by atoms with Crippen LogP contribution in [0.1, 0.15) is 37.7 Å². The SMILES string of the molecule is CC(C)(C)OC(=O)N1CCCN(c2ccc(C(=O)O)o2)CC1. The molecule has 1 N–H and O–H groups in total. The second-order valence-electron chi connectivity index (χ2n) is 6.25. The zero-order chi connectivity index (χ0) is 16.3. The van der Waals surface area contributed by atoms with Gasteiger partial charge in [-0.1, -0.05) is 0 Å². The molecule has 2 heterocycles. The average molecular weight is 310 g/mol. The molecule has 2 rings (SSSR count). The van der Waals surface area contributed by atoms with E-state index >= 15 is 0 Å². The predicted molar refractivity (Wildman–Crippen MR) is 80.3 cm³/mol. The third-order valence-corrected chi connectivity index (χ3v) is 3.26. The molecule has 22 heavy (non-hydrogen) atoms. The van der Waals surface area contributed by atoms with E-state index in [4.69, 9.17) is 14.3 Å². The Balaban J connectivity index is 1.97. The first-order valence-corrected chi connectivity index (χ1v) is 7.32. The van der Waals surface area contributed by atoms with E-state index < -0.39 is 11.6 Å². The maximum atomic E-state index is 12.1. The van der Waals surface area contributed by atoms with E-state index in [1.807, 2.05) is 25.7 Å². The zero-order valence-corrected chi connectivity index (χ0v) is 13.2. The van der Waals surface area contributed by atoms with E-state index in [0.717, 1.165) is 6.42 Å². The van der Waals surface area contributed by atoms with Crippen molar-refractivity contribution in [3.63, 3.8) is 0 Å². The standard InChI is InChI=1S/C15H22N2O5/c1-15(2,3)22-14(20)17-8-4-7-16(9-10-17)12-6-5-11(21-12)13(18)19/h5-6H,4,7-10H2,1-3H3,(H,18,19). The smallest absolute Gasteiger partial charge is 0.410 e. The fourth-order valence-electron chi connectivity index (χ4n) is 2.26. The number of amides is 1. The second-order valence-corrected chi connectivity index (χ2v) is 6.25. The average Bonchev–Trinajstić information content (AvgIpc) is 2.75. The fourth-order valence-corrected chi connectivity index (χ4v) is 2.26. The minimum atomic E-state index is -1.09. The van der Waals surface area contributed by atoms with E-state index in [1.165, 1.54) is 6.07 Å². The Hall–Kier alpha value is -2.18. The van der Waals surface area contributed by atoms with Gasteiger partial charge in [-0.3, -0.25) is 0 Å². The molecule has 7 nitrogen and oxygen atoms in total. The lowest BCUT2D eigenvalue weighted by atomic mass is 10.2. The van der Waals surface area contributed by atoms with Crippen molar-refractivity contribution in [3.05, 3.63) is 17.9 Å². The molecule has 0 spiro atoms. The summed E-state index contributed by atoms with van der Waals surface area (Å²) in [7, 11) is 0. The lowest BCUT2D eigenvalue weighted by Gasteiger charge is -2.26. The molecule has 1 aromatic rings. The van der Waals surface area contributed by atoms with Gasteiger partial charge in [0.1, 0.15) is 5.60 Å². The number of nitrogens with zero attached hydrogens (tertiary/aromatic N) is 2. The molecule has 1 aliphatic heterocycles. The van der Waals surface area contributed by atoms with Crippen molar-refractivity contribution in [1.82, 2.24) is 4.90 Å². The number of carboxylic acids is 1. The van der Waals surface area contributed by atoms with Crippen LogP contribution in [0, 0.1) is 0 Å². The number of carbonyl (C=O) groups is 2. The lowest BCUT2D eigenvalue weighted by Crippen LogP contribution is -2.39. The Kier molecular flexibility index (Phi) is 4.63. The predicted octanol–water partition coefficient (Wildman–Crippen LogP) is 2.43. The Labute approximate surface area is 129 Å². The summed E-state index contributed by atoms with van der Waals surface area (Å²) in [6, 6.07) is 3.08. The van der Waals surface area contributed by atoms with Crippen LogP contribution >= 0.6 is 0 Å². The minimum absolute atomic E-state index is 0.0803. The maximum absolute atomic E-state index is 12.1. The summed E-state index contributed by atoms with van der Waals surface area (Å²) in [5, 5.41) is 8.89. The number of aromatic carboxylic acids is 1. The van der Waals surface area contributed by atoms with Crippen molar-refractivity contribution in [3.8, 4) is 0 Å².